The molecule has 1 aromatic carbocycles. The number of nitrogens with one attached hydrogen (secondary N) is 1. The Balaban J connectivity index is 1.36. The Morgan fingerprint density at radius 1 is 1.45 bits per heavy atom. The second-order valence-electron chi connectivity index (χ2n) is 7.96. The molecule has 0 spiro atoms. The van der Waals surface area contributed by atoms with Crippen molar-refractivity contribution in [1.29, 1.82) is 0 Å². The fourth-order valence-corrected chi connectivity index (χ4v) is 6.07. The van der Waals surface area contributed by atoms with Crippen molar-refractivity contribution < 1.29 is 14.7 Å². The number of carbonyl (C=O) groups excluding carboxylic acids is 1. The number of hydrogen-bond donors (Lipinski definition) is 3. The highest BCUT2D eigenvalue weighted by Gasteiger charge is 2.36. The van der Waals surface area contributed by atoms with Gasteiger partial charge in [-0.25, -0.2) is 9.78 Å². The van der Waals surface area contributed by atoms with Crippen molar-refractivity contribution >= 4 is 45.9 Å². The van der Waals surface area contributed by atoms with Crippen LogP contribution >= 0.6 is 23.1 Å². The maximum absolute atomic E-state index is 12.5. The number of aromatic nitrogens is 2. The standard InChI is InChI=1S/C22H26N4O3S2/c1-13(10-14-11-24-16-5-3-2-4-15(14)16)20(23)18-6-7-19(27)26(18)8-9-30-22-25-17(12-31-22)21(28)29/h2-5,11-13,18,20,24H,6-10,23H2,1H3,(H,28,29)/t13?,18-,20?/m1/s1. The molecule has 1 saturated heterocycles. The van der Waals surface area contributed by atoms with Gasteiger partial charge in [-0.05, 0) is 30.4 Å². The van der Waals surface area contributed by atoms with Crippen molar-refractivity contribution in [3.63, 3.8) is 0 Å². The van der Waals surface area contributed by atoms with Gasteiger partial charge in [0, 0.05) is 53.3 Å². The third kappa shape index (κ3) is 4.78. The molecular weight excluding hydrogens is 432 g/mol. The number of carbonyl (C=O) groups is 2. The number of amides is 1. The predicted molar refractivity (Wildman–Crippen MR) is 124 cm³/mol. The number of hydrogen-bond acceptors (Lipinski definition) is 6. The van der Waals surface area contributed by atoms with E-state index in [1.54, 1.807) is 0 Å². The zero-order valence-corrected chi connectivity index (χ0v) is 18.9. The number of thiazole rings is 1. The van der Waals surface area contributed by atoms with E-state index in [1.807, 2.05) is 17.0 Å². The number of para-hydroxylation sites is 1. The van der Waals surface area contributed by atoms with Crippen LogP contribution in [0.3, 0.4) is 0 Å². The SMILES string of the molecule is CC(Cc1c[nH]c2ccccc12)C(N)[C@H]1CCC(=O)N1CCSc1nc(C(=O)O)cs1. The van der Waals surface area contributed by atoms with E-state index in [0.717, 1.165) is 18.4 Å². The van der Waals surface area contributed by atoms with Gasteiger partial charge in [0.1, 0.15) is 0 Å². The highest BCUT2D eigenvalue weighted by molar-refractivity contribution is 8.01. The molecule has 31 heavy (non-hydrogen) atoms. The first-order chi connectivity index (χ1) is 14.9. The molecule has 9 heteroatoms. The van der Waals surface area contributed by atoms with Crippen LogP contribution in [0.2, 0.25) is 0 Å². The van der Waals surface area contributed by atoms with Crippen molar-refractivity contribution in [2.75, 3.05) is 12.3 Å². The van der Waals surface area contributed by atoms with Gasteiger partial charge in [-0.3, -0.25) is 4.79 Å². The van der Waals surface area contributed by atoms with Crippen molar-refractivity contribution in [3.05, 3.63) is 47.1 Å². The fraction of sp³-hybridized carbons (Fsp3) is 0.409. The van der Waals surface area contributed by atoms with Crippen LogP contribution in [0.1, 0.15) is 35.8 Å². The summed E-state index contributed by atoms with van der Waals surface area (Å²) in [4.78, 5) is 32.8. The summed E-state index contributed by atoms with van der Waals surface area (Å²) in [5.74, 6) is 0.0133. The quantitative estimate of drug-likeness (QED) is 0.422. The van der Waals surface area contributed by atoms with Gasteiger partial charge in [-0.1, -0.05) is 36.9 Å². The van der Waals surface area contributed by atoms with Crippen LogP contribution in [0.5, 0.6) is 0 Å². The molecule has 0 radical (unpaired) electrons. The van der Waals surface area contributed by atoms with E-state index in [1.165, 1.54) is 39.4 Å². The average molecular weight is 459 g/mol. The molecule has 7 nitrogen and oxygen atoms in total. The first kappa shape index (κ1) is 21.9. The van der Waals surface area contributed by atoms with Gasteiger partial charge >= 0.3 is 5.97 Å². The molecular formula is C22H26N4O3S2. The Bertz CT molecular complexity index is 1080. The first-order valence-corrected chi connectivity index (χ1v) is 12.2. The summed E-state index contributed by atoms with van der Waals surface area (Å²) in [6, 6.07) is 8.17. The van der Waals surface area contributed by atoms with E-state index in [2.05, 4.69) is 35.2 Å². The number of benzene rings is 1. The highest BCUT2D eigenvalue weighted by Crippen LogP contribution is 2.29. The Hall–Kier alpha value is -2.36. The van der Waals surface area contributed by atoms with E-state index < -0.39 is 5.97 Å². The first-order valence-electron chi connectivity index (χ1n) is 10.4. The molecule has 4 rings (SSSR count). The highest BCUT2D eigenvalue weighted by atomic mass is 32.2. The van der Waals surface area contributed by atoms with Crippen molar-refractivity contribution in [3.8, 4) is 0 Å². The molecule has 0 saturated carbocycles. The Labute approximate surface area is 189 Å². The average Bonchev–Trinajstić information content (AvgIpc) is 3.48. The minimum atomic E-state index is -1.02. The second kappa shape index (κ2) is 9.42. The Morgan fingerprint density at radius 3 is 3.03 bits per heavy atom. The van der Waals surface area contributed by atoms with Crippen molar-refractivity contribution in [2.45, 2.75) is 42.6 Å². The van der Waals surface area contributed by atoms with Gasteiger partial charge in [-0.15, -0.1) is 11.3 Å². The maximum atomic E-state index is 12.5. The number of carboxylic acid groups (broad SMARTS) is 1. The molecule has 3 heterocycles. The molecule has 3 atom stereocenters. The van der Waals surface area contributed by atoms with Gasteiger partial charge in [-0.2, -0.15) is 0 Å². The molecule has 2 unspecified atom stereocenters. The summed E-state index contributed by atoms with van der Waals surface area (Å²) >= 11 is 2.80. The minimum Gasteiger partial charge on any atom is -0.476 e. The molecule has 2 aromatic heterocycles. The van der Waals surface area contributed by atoms with E-state index in [4.69, 9.17) is 10.8 Å². The van der Waals surface area contributed by atoms with Crippen molar-refractivity contribution in [2.24, 2.45) is 11.7 Å². The summed E-state index contributed by atoms with van der Waals surface area (Å²) in [5, 5.41) is 11.8. The van der Waals surface area contributed by atoms with E-state index in [0.29, 0.717) is 23.1 Å². The van der Waals surface area contributed by atoms with Gasteiger partial charge in [0.25, 0.3) is 0 Å². The molecule has 164 valence electrons. The smallest absolute Gasteiger partial charge is 0.355 e. The number of thioether (sulfide) groups is 1. The van der Waals surface area contributed by atoms with Crippen LogP contribution in [-0.4, -0.2) is 56.2 Å². The molecule has 1 amide bonds. The lowest BCUT2D eigenvalue weighted by molar-refractivity contribution is -0.129. The number of fused-ring (bicyclic) bond motifs is 1. The number of nitrogens with two attached hydrogens (primary N) is 1. The number of carboxylic acids is 1. The lowest BCUT2D eigenvalue weighted by Crippen LogP contribution is -2.49. The number of aromatic carboxylic acids is 1. The predicted octanol–water partition coefficient (Wildman–Crippen LogP) is 3.61. The summed E-state index contributed by atoms with van der Waals surface area (Å²) in [6.07, 6.45) is 4.23. The number of aromatic amines is 1. The summed E-state index contributed by atoms with van der Waals surface area (Å²) in [6.45, 7) is 2.74. The van der Waals surface area contributed by atoms with Crippen LogP contribution in [0.4, 0.5) is 0 Å². The summed E-state index contributed by atoms with van der Waals surface area (Å²) in [7, 11) is 0. The van der Waals surface area contributed by atoms with Crippen LogP contribution in [0, 0.1) is 5.92 Å². The minimum absolute atomic E-state index is 0.0270. The van der Waals surface area contributed by atoms with Crippen molar-refractivity contribution in [1.82, 2.24) is 14.9 Å². The van der Waals surface area contributed by atoms with Crippen LogP contribution in [0.25, 0.3) is 10.9 Å². The topological polar surface area (TPSA) is 112 Å². The van der Waals surface area contributed by atoms with Crippen LogP contribution < -0.4 is 5.73 Å². The third-order valence-electron chi connectivity index (χ3n) is 5.95. The third-order valence-corrected chi connectivity index (χ3v) is 7.95. The Morgan fingerprint density at radius 2 is 2.26 bits per heavy atom. The van der Waals surface area contributed by atoms with Gasteiger partial charge in [0.2, 0.25) is 5.91 Å². The molecule has 1 fully saturated rings. The fourth-order valence-electron chi connectivity index (χ4n) is 4.26. The number of nitrogens with zero attached hydrogens (tertiary/aromatic N) is 2. The monoisotopic (exact) mass is 458 g/mol. The van der Waals surface area contributed by atoms with Crippen LogP contribution in [0.15, 0.2) is 40.2 Å². The van der Waals surface area contributed by atoms with E-state index in [9.17, 15) is 9.59 Å². The molecule has 4 N–H and O–H groups in total. The van der Waals surface area contributed by atoms with E-state index >= 15 is 0 Å². The lowest BCUT2D eigenvalue weighted by Gasteiger charge is -2.33. The van der Waals surface area contributed by atoms with Gasteiger partial charge in [0.15, 0.2) is 10.0 Å². The zero-order chi connectivity index (χ0) is 22.0. The number of likely N-dealkylation sites (tertiary alicyclic amines) is 1. The molecule has 3 aromatic rings. The van der Waals surface area contributed by atoms with Gasteiger partial charge in [0.05, 0.1) is 0 Å². The second-order valence-corrected chi connectivity index (χ2v) is 10.2. The largest absolute Gasteiger partial charge is 0.476 e. The molecule has 1 aliphatic rings. The van der Waals surface area contributed by atoms with E-state index in [-0.39, 0.29) is 29.6 Å². The Kier molecular flexibility index (Phi) is 6.64. The molecule has 0 bridgehead atoms. The zero-order valence-electron chi connectivity index (χ0n) is 17.3. The lowest BCUT2D eigenvalue weighted by atomic mass is 9.88. The summed E-state index contributed by atoms with van der Waals surface area (Å²) < 4.78 is 0.706. The maximum Gasteiger partial charge on any atom is 0.355 e. The number of H-pyrrole nitrogens is 1. The molecule has 1 aliphatic heterocycles. The summed E-state index contributed by atoms with van der Waals surface area (Å²) in [5.41, 5.74) is 9.11. The van der Waals surface area contributed by atoms with Gasteiger partial charge < -0.3 is 20.7 Å². The normalized spacial score (nSPS) is 18.6. The van der Waals surface area contributed by atoms with Crippen LogP contribution in [-0.2, 0) is 11.2 Å². The number of rotatable bonds is 9. The molecule has 0 aliphatic carbocycles.